The van der Waals surface area contributed by atoms with Gasteiger partial charge < -0.3 is 15.5 Å². The molecule has 1 aliphatic rings. The topological polar surface area (TPSA) is 93.3 Å². The zero-order valence-corrected chi connectivity index (χ0v) is 7.32. The number of nitrogens with one attached hydrogen (secondary N) is 1. The molecular formula is C8H12N2O3. The molecule has 0 aliphatic heterocycles. The molecule has 3 N–H and O–H groups in total. The van der Waals surface area contributed by atoms with Gasteiger partial charge in [-0.1, -0.05) is 0 Å². The Hall–Kier alpha value is -1.28. The number of carbonyl (C=O) groups is 1. The molecule has 5 heteroatoms. The number of nitrogens with zero attached hydrogens (tertiary/aromatic N) is 1. The van der Waals surface area contributed by atoms with Gasteiger partial charge in [-0.25, -0.2) is 4.79 Å². The highest BCUT2D eigenvalue weighted by molar-refractivity contribution is 5.65. The zero-order valence-electron chi connectivity index (χ0n) is 7.32. The van der Waals surface area contributed by atoms with Gasteiger partial charge in [0.25, 0.3) is 0 Å². The van der Waals surface area contributed by atoms with Crippen molar-refractivity contribution in [1.82, 2.24) is 5.32 Å². The number of carboxylic acid groups (broad SMARTS) is 1. The Morgan fingerprint density at radius 2 is 2.31 bits per heavy atom. The first kappa shape index (κ1) is 9.81. The fourth-order valence-electron chi connectivity index (χ4n) is 1.36. The number of aliphatic hydroxyl groups is 1. The summed E-state index contributed by atoms with van der Waals surface area (Å²) >= 11 is 0. The molecule has 2 atom stereocenters. The Kier molecular flexibility index (Phi) is 2.43. The van der Waals surface area contributed by atoms with Crippen LogP contribution in [0.2, 0.25) is 0 Å². The molecule has 5 nitrogen and oxygen atoms in total. The van der Waals surface area contributed by atoms with Gasteiger partial charge >= 0.3 is 6.09 Å². The number of rotatable bonds is 3. The van der Waals surface area contributed by atoms with Gasteiger partial charge in [0.1, 0.15) is 0 Å². The lowest BCUT2D eigenvalue weighted by Gasteiger charge is -2.26. The first-order chi connectivity index (χ1) is 6.00. The van der Waals surface area contributed by atoms with Gasteiger partial charge in [0.2, 0.25) is 0 Å². The quantitative estimate of drug-likeness (QED) is 0.550. The molecule has 0 bridgehead atoms. The summed E-state index contributed by atoms with van der Waals surface area (Å²) in [6.07, 6.45) is 0.354. The predicted molar refractivity (Wildman–Crippen MR) is 43.9 cm³/mol. The van der Waals surface area contributed by atoms with Crippen molar-refractivity contribution in [3.05, 3.63) is 0 Å². The molecule has 0 aromatic carbocycles. The van der Waals surface area contributed by atoms with E-state index >= 15 is 0 Å². The van der Waals surface area contributed by atoms with Crippen LogP contribution in [-0.4, -0.2) is 27.9 Å². The summed E-state index contributed by atoms with van der Waals surface area (Å²) < 4.78 is 0. The van der Waals surface area contributed by atoms with E-state index in [4.69, 9.17) is 10.4 Å². The van der Waals surface area contributed by atoms with E-state index in [0.717, 1.165) is 12.8 Å². The Labute approximate surface area is 76.0 Å². The van der Waals surface area contributed by atoms with Crippen molar-refractivity contribution in [2.75, 3.05) is 0 Å². The molecule has 0 radical (unpaired) electrons. The van der Waals surface area contributed by atoms with E-state index in [1.54, 1.807) is 6.07 Å². The van der Waals surface area contributed by atoms with E-state index in [-0.39, 0.29) is 5.92 Å². The fourth-order valence-corrected chi connectivity index (χ4v) is 1.36. The van der Waals surface area contributed by atoms with Gasteiger partial charge in [-0.15, -0.1) is 0 Å². The summed E-state index contributed by atoms with van der Waals surface area (Å²) in [7, 11) is 0. The summed E-state index contributed by atoms with van der Waals surface area (Å²) in [6, 6.07) is 1.03. The highest BCUT2D eigenvalue weighted by Gasteiger charge is 2.48. The van der Waals surface area contributed by atoms with Gasteiger partial charge in [-0.05, 0) is 19.8 Å². The third kappa shape index (κ3) is 1.90. The lowest BCUT2D eigenvalue weighted by molar-refractivity contribution is 0.0408. The van der Waals surface area contributed by atoms with E-state index in [9.17, 15) is 9.90 Å². The zero-order chi connectivity index (χ0) is 10.1. The van der Waals surface area contributed by atoms with Crippen LogP contribution in [-0.2, 0) is 0 Å². The maximum Gasteiger partial charge on any atom is 0.405 e. The molecule has 0 aromatic rings. The standard InChI is InChI=1S/C8H12N2O3/c1-5(10-7(11)12)8(13,4-9)6-2-3-6/h5-6,10,13H,2-3H2,1H3,(H,11,12)/t5-,8?/m0/s1. The number of amides is 1. The van der Waals surface area contributed by atoms with Crippen LogP contribution < -0.4 is 5.32 Å². The number of hydrogen-bond donors (Lipinski definition) is 3. The van der Waals surface area contributed by atoms with Crippen molar-refractivity contribution in [3.8, 4) is 6.07 Å². The lowest BCUT2D eigenvalue weighted by Crippen LogP contribution is -2.51. The van der Waals surface area contributed by atoms with Crippen molar-refractivity contribution in [2.24, 2.45) is 5.92 Å². The minimum absolute atomic E-state index is 0.0839. The smallest absolute Gasteiger partial charge is 0.405 e. The van der Waals surface area contributed by atoms with Crippen LogP contribution in [0, 0.1) is 17.2 Å². The Bertz CT molecular complexity index is 257. The maximum absolute atomic E-state index is 10.3. The van der Waals surface area contributed by atoms with E-state index < -0.39 is 17.7 Å². The van der Waals surface area contributed by atoms with Gasteiger partial charge in [-0.2, -0.15) is 5.26 Å². The molecule has 72 valence electrons. The molecule has 1 fully saturated rings. The number of hydrogen-bond acceptors (Lipinski definition) is 3. The number of nitriles is 1. The second-order valence-corrected chi connectivity index (χ2v) is 3.38. The van der Waals surface area contributed by atoms with Gasteiger partial charge in [0.15, 0.2) is 5.60 Å². The van der Waals surface area contributed by atoms with Crippen LogP contribution in [0.15, 0.2) is 0 Å². The maximum atomic E-state index is 10.3. The lowest BCUT2D eigenvalue weighted by atomic mass is 9.92. The van der Waals surface area contributed by atoms with Crippen molar-refractivity contribution in [1.29, 1.82) is 5.26 Å². The average molecular weight is 184 g/mol. The first-order valence-electron chi connectivity index (χ1n) is 4.13. The van der Waals surface area contributed by atoms with Gasteiger partial charge in [0, 0.05) is 5.92 Å². The SMILES string of the molecule is C[C@H](NC(=O)O)C(O)(C#N)C1CC1. The van der Waals surface area contributed by atoms with Crippen LogP contribution in [0.1, 0.15) is 19.8 Å². The summed E-state index contributed by atoms with van der Waals surface area (Å²) in [4.78, 5) is 10.3. The molecule has 1 rings (SSSR count). The largest absolute Gasteiger partial charge is 0.465 e. The van der Waals surface area contributed by atoms with E-state index in [1.807, 2.05) is 0 Å². The molecule has 1 amide bonds. The summed E-state index contributed by atoms with van der Waals surface area (Å²) in [5.74, 6) is -0.0839. The van der Waals surface area contributed by atoms with Crippen LogP contribution in [0.5, 0.6) is 0 Å². The molecule has 13 heavy (non-hydrogen) atoms. The molecule has 1 unspecified atom stereocenters. The Morgan fingerprint density at radius 3 is 2.62 bits per heavy atom. The van der Waals surface area contributed by atoms with Crippen molar-refractivity contribution >= 4 is 6.09 Å². The van der Waals surface area contributed by atoms with E-state index in [0.29, 0.717) is 0 Å². The third-order valence-corrected chi connectivity index (χ3v) is 2.38. The van der Waals surface area contributed by atoms with Gasteiger partial charge in [0.05, 0.1) is 12.1 Å². The second-order valence-electron chi connectivity index (χ2n) is 3.38. The van der Waals surface area contributed by atoms with Crippen LogP contribution in [0.3, 0.4) is 0 Å². The molecule has 0 aromatic heterocycles. The van der Waals surface area contributed by atoms with Crippen LogP contribution >= 0.6 is 0 Å². The molecular weight excluding hydrogens is 172 g/mol. The predicted octanol–water partition coefficient (Wildman–Crippen LogP) is 0.307. The highest BCUT2D eigenvalue weighted by atomic mass is 16.4. The minimum atomic E-state index is -1.54. The summed E-state index contributed by atoms with van der Waals surface area (Å²) in [5, 5.41) is 29.0. The Morgan fingerprint density at radius 1 is 1.77 bits per heavy atom. The summed E-state index contributed by atoms with van der Waals surface area (Å²) in [5.41, 5.74) is -1.54. The van der Waals surface area contributed by atoms with Crippen molar-refractivity contribution in [2.45, 2.75) is 31.4 Å². The molecule has 0 spiro atoms. The fraction of sp³-hybridized carbons (Fsp3) is 0.750. The van der Waals surface area contributed by atoms with E-state index in [2.05, 4.69) is 5.32 Å². The average Bonchev–Trinajstić information content (AvgIpc) is 2.84. The monoisotopic (exact) mass is 184 g/mol. The van der Waals surface area contributed by atoms with Crippen molar-refractivity contribution in [3.63, 3.8) is 0 Å². The van der Waals surface area contributed by atoms with Crippen molar-refractivity contribution < 1.29 is 15.0 Å². The molecule has 0 saturated heterocycles. The third-order valence-electron chi connectivity index (χ3n) is 2.38. The molecule has 1 saturated carbocycles. The molecule has 0 heterocycles. The normalized spacial score (nSPS) is 22.5. The second kappa shape index (κ2) is 3.23. The highest BCUT2D eigenvalue weighted by Crippen LogP contribution is 2.41. The molecule has 1 aliphatic carbocycles. The minimum Gasteiger partial charge on any atom is -0.465 e. The van der Waals surface area contributed by atoms with Crippen LogP contribution in [0.25, 0.3) is 0 Å². The van der Waals surface area contributed by atoms with Gasteiger partial charge in [-0.3, -0.25) is 0 Å². The van der Waals surface area contributed by atoms with Crippen LogP contribution in [0.4, 0.5) is 4.79 Å². The summed E-state index contributed by atoms with van der Waals surface area (Å²) in [6.45, 7) is 1.50. The van der Waals surface area contributed by atoms with E-state index in [1.165, 1.54) is 6.92 Å². The Balaban J connectivity index is 2.65. The first-order valence-corrected chi connectivity index (χ1v) is 4.13.